The number of nitrogens with two attached hydrogens (primary N) is 1. The SMILES string of the molecule is Cc1ccnc2nc(-c3cc(Cl)cc(Cl)c3N)[nH]c12. The van der Waals surface area contributed by atoms with Crippen molar-refractivity contribution in [3.63, 3.8) is 0 Å². The minimum absolute atomic E-state index is 0.410. The summed E-state index contributed by atoms with van der Waals surface area (Å²) < 4.78 is 0. The number of nitrogen functional groups attached to an aromatic ring is 1. The van der Waals surface area contributed by atoms with Gasteiger partial charge in [-0.05, 0) is 30.7 Å². The summed E-state index contributed by atoms with van der Waals surface area (Å²) >= 11 is 12.0. The van der Waals surface area contributed by atoms with Gasteiger partial charge in [-0.25, -0.2) is 9.97 Å². The summed E-state index contributed by atoms with van der Waals surface area (Å²) in [6.45, 7) is 1.99. The lowest BCUT2D eigenvalue weighted by atomic mass is 10.1. The van der Waals surface area contributed by atoms with E-state index in [1.165, 1.54) is 0 Å². The number of aromatic nitrogens is 3. The van der Waals surface area contributed by atoms with E-state index in [1.807, 2.05) is 13.0 Å². The number of rotatable bonds is 1. The van der Waals surface area contributed by atoms with Gasteiger partial charge in [-0.3, -0.25) is 0 Å². The molecule has 3 N–H and O–H groups in total. The van der Waals surface area contributed by atoms with Gasteiger partial charge in [-0.15, -0.1) is 0 Å². The van der Waals surface area contributed by atoms with Crippen LogP contribution in [0, 0.1) is 6.92 Å². The quantitative estimate of drug-likeness (QED) is 0.670. The standard InChI is InChI=1S/C13H10Cl2N4/c1-6-2-3-17-13-11(6)18-12(19-13)8-4-7(14)5-9(15)10(8)16/h2-5H,16H2,1H3,(H,17,18,19). The third-order valence-electron chi connectivity index (χ3n) is 2.95. The van der Waals surface area contributed by atoms with E-state index in [4.69, 9.17) is 28.9 Å². The molecule has 19 heavy (non-hydrogen) atoms. The van der Waals surface area contributed by atoms with Gasteiger partial charge in [-0.1, -0.05) is 23.2 Å². The minimum atomic E-state index is 0.410. The maximum Gasteiger partial charge on any atom is 0.178 e. The topological polar surface area (TPSA) is 67.6 Å². The molecular formula is C13H10Cl2N4. The average Bonchev–Trinajstić information content (AvgIpc) is 2.79. The van der Waals surface area contributed by atoms with Crippen LogP contribution in [0.5, 0.6) is 0 Å². The van der Waals surface area contributed by atoms with Crippen LogP contribution in [0.15, 0.2) is 24.4 Å². The summed E-state index contributed by atoms with van der Waals surface area (Å²) in [4.78, 5) is 11.8. The first-order chi connectivity index (χ1) is 9.06. The minimum Gasteiger partial charge on any atom is -0.397 e. The fourth-order valence-corrected chi connectivity index (χ4v) is 2.44. The van der Waals surface area contributed by atoms with Crippen LogP contribution in [0.4, 0.5) is 5.69 Å². The van der Waals surface area contributed by atoms with Crippen molar-refractivity contribution in [3.8, 4) is 11.4 Å². The number of hydrogen-bond donors (Lipinski definition) is 2. The fourth-order valence-electron chi connectivity index (χ4n) is 1.94. The van der Waals surface area contributed by atoms with Crippen LogP contribution in [-0.2, 0) is 0 Å². The molecule has 6 heteroatoms. The van der Waals surface area contributed by atoms with E-state index in [2.05, 4.69) is 15.0 Å². The predicted octanol–water partition coefficient (Wildman–Crippen LogP) is 3.82. The molecule has 0 saturated carbocycles. The molecule has 0 saturated heterocycles. The lowest BCUT2D eigenvalue weighted by Gasteiger charge is -2.05. The largest absolute Gasteiger partial charge is 0.397 e. The number of nitrogens with one attached hydrogen (secondary N) is 1. The van der Waals surface area contributed by atoms with Gasteiger partial charge in [-0.2, -0.15) is 0 Å². The molecule has 0 unspecified atom stereocenters. The fraction of sp³-hybridized carbons (Fsp3) is 0.0769. The van der Waals surface area contributed by atoms with Crippen LogP contribution in [0.3, 0.4) is 0 Å². The van der Waals surface area contributed by atoms with Crippen LogP contribution in [0.2, 0.25) is 10.0 Å². The number of fused-ring (bicyclic) bond motifs is 1. The second-order valence-corrected chi connectivity index (χ2v) is 5.10. The average molecular weight is 293 g/mol. The van der Waals surface area contributed by atoms with Gasteiger partial charge in [0, 0.05) is 16.8 Å². The number of H-pyrrole nitrogens is 1. The van der Waals surface area contributed by atoms with E-state index >= 15 is 0 Å². The molecule has 0 radical (unpaired) electrons. The van der Waals surface area contributed by atoms with E-state index in [0.29, 0.717) is 32.8 Å². The number of nitrogens with zero attached hydrogens (tertiary/aromatic N) is 2. The lowest BCUT2D eigenvalue weighted by Crippen LogP contribution is -1.93. The van der Waals surface area contributed by atoms with Gasteiger partial charge < -0.3 is 10.7 Å². The van der Waals surface area contributed by atoms with Crippen molar-refractivity contribution >= 4 is 40.1 Å². The first-order valence-corrected chi connectivity index (χ1v) is 6.38. The van der Waals surface area contributed by atoms with Gasteiger partial charge >= 0.3 is 0 Å². The number of halogens is 2. The van der Waals surface area contributed by atoms with Gasteiger partial charge in [0.1, 0.15) is 5.82 Å². The molecule has 0 fully saturated rings. The van der Waals surface area contributed by atoms with E-state index in [0.717, 1.165) is 11.1 Å². The highest BCUT2D eigenvalue weighted by Crippen LogP contribution is 2.34. The highest BCUT2D eigenvalue weighted by molar-refractivity contribution is 6.37. The van der Waals surface area contributed by atoms with E-state index < -0.39 is 0 Å². The highest BCUT2D eigenvalue weighted by Gasteiger charge is 2.13. The van der Waals surface area contributed by atoms with Crippen molar-refractivity contribution in [2.24, 2.45) is 0 Å². The summed E-state index contributed by atoms with van der Waals surface area (Å²) in [5.41, 5.74) is 9.69. The molecule has 0 spiro atoms. The molecule has 0 aliphatic heterocycles. The zero-order valence-corrected chi connectivity index (χ0v) is 11.5. The Kier molecular flexibility index (Phi) is 2.84. The summed E-state index contributed by atoms with van der Waals surface area (Å²) in [5, 5.41) is 0.923. The Morgan fingerprint density at radius 1 is 1.26 bits per heavy atom. The lowest BCUT2D eigenvalue weighted by molar-refractivity contribution is 1.30. The van der Waals surface area contributed by atoms with Crippen molar-refractivity contribution in [3.05, 3.63) is 40.0 Å². The normalized spacial score (nSPS) is 11.1. The first-order valence-electron chi connectivity index (χ1n) is 5.62. The molecule has 2 heterocycles. The monoisotopic (exact) mass is 292 g/mol. The second kappa shape index (κ2) is 4.40. The van der Waals surface area contributed by atoms with Crippen molar-refractivity contribution in [2.75, 3.05) is 5.73 Å². The van der Waals surface area contributed by atoms with Crippen molar-refractivity contribution < 1.29 is 0 Å². The number of aromatic amines is 1. The Hall–Kier alpha value is -1.78. The molecule has 1 aromatic carbocycles. The van der Waals surface area contributed by atoms with Gasteiger partial charge in [0.25, 0.3) is 0 Å². The van der Waals surface area contributed by atoms with Crippen LogP contribution in [0.25, 0.3) is 22.6 Å². The predicted molar refractivity (Wildman–Crippen MR) is 78.5 cm³/mol. The summed E-state index contributed by atoms with van der Waals surface area (Å²) in [6, 6.07) is 5.25. The van der Waals surface area contributed by atoms with Crippen LogP contribution in [0.1, 0.15) is 5.56 Å². The van der Waals surface area contributed by atoms with E-state index in [1.54, 1.807) is 18.3 Å². The number of imidazole rings is 1. The molecule has 0 amide bonds. The smallest absolute Gasteiger partial charge is 0.178 e. The highest BCUT2D eigenvalue weighted by atomic mass is 35.5. The van der Waals surface area contributed by atoms with E-state index in [9.17, 15) is 0 Å². The van der Waals surface area contributed by atoms with Gasteiger partial charge in [0.15, 0.2) is 5.65 Å². The number of anilines is 1. The molecule has 0 aliphatic carbocycles. The van der Waals surface area contributed by atoms with Crippen molar-refractivity contribution in [2.45, 2.75) is 6.92 Å². The third kappa shape index (κ3) is 2.03. The van der Waals surface area contributed by atoms with Crippen LogP contribution < -0.4 is 5.73 Å². The maximum absolute atomic E-state index is 6.03. The maximum atomic E-state index is 6.03. The Bertz CT molecular complexity index is 780. The number of hydrogen-bond acceptors (Lipinski definition) is 3. The van der Waals surface area contributed by atoms with Crippen molar-refractivity contribution in [1.82, 2.24) is 15.0 Å². The summed E-state index contributed by atoms with van der Waals surface area (Å²) in [7, 11) is 0. The zero-order chi connectivity index (χ0) is 13.6. The number of pyridine rings is 1. The Morgan fingerprint density at radius 2 is 2.05 bits per heavy atom. The molecule has 96 valence electrons. The second-order valence-electron chi connectivity index (χ2n) is 4.26. The number of aryl methyl sites for hydroxylation is 1. The molecule has 4 nitrogen and oxygen atoms in total. The Labute approximate surface area is 119 Å². The van der Waals surface area contributed by atoms with Crippen LogP contribution >= 0.6 is 23.2 Å². The third-order valence-corrected chi connectivity index (χ3v) is 3.48. The van der Waals surface area contributed by atoms with Crippen molar-refractivity contribution in [1.29, 1.82) is 0 Å². The molecule has 0 bridgehead atoms. The summed E-state index contributed by atoms with van der Waals surface area (Å²) in [6.07, 6.45) is 1.72. The molecule has 2 aromatic heterocycles. The molecule has 3 aromatic rings. The molecule has 3 rings (SSSR count). The van der Waals surface area contributed by atoms with Gasteiger partial charge in [0.2, 0.25) is 0 Å². The first kappa shape index (κ1) is 12.3. The molecule has 0 atom stereocenters. The Morgan fingerprint density at radius 3 is 2.79 bits per heavy atom. The van der Waals surface area contributed by atoms with E-state index in [-0.39, 0.29) is 0 Å². The zero-order valence-electron chi connectivity index (χ0n) is 10.0. The summed E-state index contributed by atoms with van der Waals surface area (Å²) in [5.74, 6) is 0.610. The van der Waals surface area contributed by atoms with Gasteiger partial charge in [0.05, 0.1) is 16.2 Å². The Balaban J connectivity index is 2.28. The number of benzene rings is 1. The molecular weight excluding hydrogens is 283 g/mol. The van der Waals surface area contributed by atoms with Crippen LogP contribution in [-0.4, -0.2) is 15.0 Å². The molecule has 0 aliphatic rings.